The lowest BCUT2D eigenvalue weighted by atomic mass is 10.1. The first-order valence-electron chi connectivity index (χ1n) is 12.9. The van der Waals surface area contributed by atoms with Gasteiger partial charge in [0.25, 0.3) is 0 Å². The first kappa shape index (κ1) is 27.9. The Bertz CT molecular complexity index is 768. The SMILES string of the molecule is CCOC(=O)CC(C(=O)OCC)N1CCN(CC2CN(CCN3CCN(C(=N)N)CC3)C(=O)O2)CC1. The minimum atomic E-state index is -0.650. The molecule has 3 heterocycles. The van der Waals surface area contributed by atoms with Crippen LogP contribution in [0.2, 0.25) is 0 Å². The molecule has 36 heavy (non-hydrogen) atoms. The number of ether oxygens (including phenoxy) is 3. The van der Waals surface area contributed by atoms with Crippen LogP contribution in [0.3, 0.4) is 0 Å². The number of amides is 1. The molecule has 0 aliphatic carbocycles. The molecular weight excluding hydrogens is 470 g/mol. The number of cyclic esters (lactones) is 1. The molecule has 1 amide bonds. The number of nitrogens with one attached hydrogen (secondary N) is 1. The fourth-order valence-corrected chi connectivity index (χ4v) is 4.85. The van der Waals surface area contributed by atoms with E-state index >= 15 is 0 Å². The highest BCUT2D eigenvalue weighted by atomic mass is 16.6. The summed E-state index contributed by atoms with van der Waals surface area (Å²) in [4.78, 5) is 47.0. The quantitative estimate of drug-likeness (QED) is 0.150. The molecule has 3 aliphatic rings. The lowest BCUT2D eigenvalue weighted by Crippen LogP contribution is -2.54. The number of hydrogen-bond acceptors (Lipinski definition) is 10. The van der Waals surface area contributed by atoms with Crippen LogP contribution in [-0.2, 0) is 23.8 Å². The number of guanidine groups is 1. The van der Waals surface area contributed by atoms with Gasteiger partial charge in [-0.15, -0.1) is 0 Å². The topological polar surface area (TPSA) is 145 Å². The van der Waals surface area contributed by atoms with Crippen molar-refractivity contribution < 1.29 is 28.6 Å². The van der Waals surface area contributed by atoms with Gasteiger partial charge in [0, 0.05) is 72.0 Å². The fraction of sp³-hybridized carbons (Fsp3) is 0.826. The Morgan fingerprint density at radius 3 is 2.25 bits per heavy atom. The zero-order valence-electron chi connectivity index (χ0n) is 21.5. The first-order valence-corrected chi connectivity index (χ1v) is 12.9. The highest BCUT2D eigenvalue weighted by Gasteiger charge is 2.36. The van der Waals surface area contributed by atoms with Crippen LogP contribution in [0.25, 0.3) is 0 Å². The number of esters is 2. The molecule has 0 bridgehead atoms. The third-order valence-electron chi connectivity index (χ3n) is 6.88. The predicted molar refractivity (Wildman–Crippen MR) is 131 cm³/mol. The Balaban J connectivity index is 1.40. The van der Waals surface area contributed by atoms with Crippen molar-refractivity contribution in [2.45, 2.75) is 32.4 Å². The van der Waals surface area contributed by atoms with Gasteiger partial charge in [-0.05, 0) is 13.8 Å². The van der Waals surface area contributed by atoms with E-state index in [1.165, 1.54) is 0 Å². The summed E-state index contributed by atoms with van der Waals surface area (Å²) in [7, 11) is 0. The van der Waals surface area contributed by atoms with Crippen molar-refractivity contribution in [3.05, 3.63) is 0 Å². The standard InChI is InChI=1S/C23H41N7O6/c1-3-34-20(31)15-19(21(32)35-4-2)28-10-8-27(9-11-28)16-18-17-30(23(33)36-18)14-7-26-5-12-29(13-6-26)22(24)25/h18-19H,3-17H2,1-2H3,(H3,24,25). The van der Waals surface area contributed by atoms with Crippen molar-refractivity contribution in [3.63, 3.8) is 0 Å². The molecule has 13 nitrogen and oxygen atoms in total. The number of nitrogens with zero attached hydrogens (tertiary/aromatic N) is 5. The van der Waals surface area contributed by atoms with Crippen LogP contribution in [0.15, 0.2) is 0 Å². The van der Waals surface area contributed by atoms with Crippen LogP contribution in [0, 0.1) is 5.41 Å². The van der Waals surface area contributed by atoms with Crippen LogP contribution in [0.5, 0.6) is 0 Å². The van der Waals surface area contributed by atoms with Crippen molar-refractivity contribution in [1.82, 2.24) is 24.5 Å². The molecule has 2 atom stereocenters. The average Bonchev–Trinajstić information content (AvgIpc) is 3.21. The second-order valence-electron chi connectivity index (χ2n) is 9.28. The van der Waals surface area contributed by atoms with Crippen LogP contribution < -0.4 is 5.73 Å². The summed E-state index contributed by atoms with van der Waals surface area (Å²) in [6, 6.07) is -0.650. The Hall–Kier alpha value is -2.64. The van der Waals surface area contributed by atoms with E-state index in [0.29, 0.717) is 45.8 Å². The van der Waals surface area contributed by atoms with Crippen LogP contribution >= 0.6 is 0 Å². The van der Waals surface area contributed by atoms with Crippen molar-refractivity contribution in [2.75, 3.05) is 91.8 Å². The monoisotopic (exact) mass is 511 g/mol. The van der Waals surface area contributed by atoms with Crippen molar-refractivity contribution in [1.29, 1.82) is 5.41 Å². The maximum atomic E-state index is 12.5. The molecule has 3 fully saturated rings. The number of carbonyl (C=O) groups excluding carboxylic acids is 3. The molecule has 204 valence electrons. The second-order valence-corrected chi connectivity index (χ2v) is 9.28. The molecule has 3 N–H and O–H groups in total. The Kier molecular flexibility index (Phi) is 10.6. The van der Waals surface area contributed by atoms with Gasteiger partial charge in [-0.2, -0.15) is 0 Å². The lowest BCUT2D eigenvalue weighted by molar-refractivity contribution is -0.157. The zero-order chi connectivity index (χ0) is 26.1. The summed E-state index contributed by atoms with van der Waals surface area (Å²) in [5.41, 5.74) is 5.55. The van der Waals surface area contributed by atoms with Gasteiger partial charge in [-0.3, -0.25) is 29.7 Å². The van der Waals surface area contributed by atoms with E-state index < -0.39 is 18.0 Å². The van der Waals surface area contributed by atoms with Gasteiger partial charge in [0.05, 0.1) is 26.2 Å². The molecule has 3 rings (SSSR count). The Morgan fingerprint density at radius 1 is 1.00 bits per heavy atom. The van der Waals surface area contributed by atoms with E-state index in [2.05, 4.69) is 9.80 Å². The Labute approximate surface area is 212 Å². The predicted octanol–water partition coefficient (Wildman–Crippen LogP) is -1.18. The number of nitrogens with two attached hydrogens (primary N) is 1. The van der Waals surface area contributed by atoms with E-state index in [-0.39, 0.29) is 37.8 Å². The molecule has 2 unspecified atom stereocenters. The lowest BCUT2D eigenvalue weighted by Gasteiger charge is -2.38. The highest BCUT2D eigenvalue weighted by molar-refractivity contribution is 5.82. The second kappa shape index (κ2) is 13.6. The van der Waals surface area contributed by atoms with E-state index in [0.717, 1.165) is 32.7 Å². The van der Waals surface area contributed by atoms with E-state index in [9.17, 15) is 14.4 Å². The van der Waals surface area contributed by atoms with Gasteiger partial charge in [-0.25, -0.2) is 4.79 Å². The minimum absolute atomic E-state index is 0.0222. The summed E-state index contributed by atoms with van der Waals surface area (Å²) in [6.45, 7) is 12.3. The van der Waals surface area contributed by atoms with Gasteiger partial charge in [0.15, 0.2) is 5.96 Å². The average molecular weight is 512 g/mol. The van der Waals surface area contributed by atoms with Crippen LogP contribution in [0.1, 0.15) is 20.3 Å². The molecule has 3 aliphatic heterocycles. The maximum absolute atomic E-state index is 12.5. The molecule has 3 saturated heterocycles. The number of piperazine rings is 2. The summed E-state index contributed by atoms with van der Waals surface area (Å²) >= 11 is 0. The summed E-state index contributed by atoms with van der Waals surface area (Å²) < 4.78 is 15.8. The van der Waals surface area contributed by atoms with Gasteiger partial charge in [-0.1, -0.05) is 0 Å². The van der Waals surface area contributed by atoms with Gasteiger partial charge in [0.2, 0.25) is 0 Å². The molecule has 0 aromatic carbocycles. The van der Waals surface area contributed by atoms with Crippen molar-refractivity contribution in [2.24, 2.45) is 5.73 Å². The first-order chi connectivity index (χ1) is 17.3. The molecule has 0 spiro atoms. The van der Waals surface area contributed by atoms with Crippen LogP contribution in [0.4, 0.5) is 4.79 Å². The summed E-state index contributed by atoms with van der Waals surface area (Å²) in [5, 5.41) is 7.53. The Morgan fingerprint density at radius 2 is 1.64 bits per heavy atom. The van der Waals surface area contributed by atoms with E-state index in [1.807, 2.05) is 9.80 Å². The smallest absolute Gasteiger partial charge is 0.410 e. The van der Waals surface area contributed by atoms with E-state index in [4.69, 9.17) is 25.4 Å². The molecular formula is C23H41N7O6. The number of hydrogen-bond donors (Lipinski definition) is 2. The third kappa shape index (κ3) is 7.93. The molecule has 0 saturated carbocycles. The van der Waals surface area contributed by atoms with E-state index in [1.54, 1.807) is 18.7 Å². The maximum Gasteiger partial charge on any atom is 0.410 e. The molecule has 0 radical (unpaired) electrons. The van der Waals surface area contributed by atoms with Gasteiger partial charge in [0.1, 0.15) is 12.1 Å². The highest BCUT2D eigenvalue weighted by Crippen LogP contribution is 2.16. The summed E-state index contributed by atoms with van der Waals surface area (Å²) in [6.07, 6.45) is -0.497. The normalized spacial score (nSPS) is 22.8. The molecule has 13 heteroatoms. The molecule has 0 aromatic heterocycles. The minimum Gasteiger partial charge on any atom is -0.466 e. The largest absolute Gasteiger partial charge is 0.466 e. The number of carbonyl (C=O) groups is 3. The van der Waals surface area contributed by atoms with Gasteiger partial charge < -0.3 is 29.7 Å². The number of rotatable bonds is 11. The van der Waals surface area contributed by atoms with Crippen LogP contribution in [-0.4, -0.2) is 152 Å². The summed E-state index contributed by atoms with van der Waals surface area (Å²) in [5.74, 6) is -0.699. The van der Waals surface area contributed by atoms with Gasteiger partial charge >= 0.3 is 18.0 Å². The third-order valence-corrected chi connectivity index (χ3v) is 6.88. The zero-order valence-corrected chi connectivity index (χ0v) is 21.5. The fourth-order valence-electron chi connectivity index (χ4n) is 4.85. The van der Waals surface area contributed by atoms with Crippen molar-refractivity contribution >= 4 is 24.0 Å². The molecule has 0 aromatic rings. The van der Waals surface area contributed by atoms with Crippen molar-refractivity contribution in [3.8, 4) is 0 Å².